The van der Waals surface area contributed by atoms with Crippen LogP contribution in [0.4, 0.5) is 0 Å². The third-order valence-electron chi connectivity index (χ3n) is 3.69. The van der Waals surface area contributed by atoms with Gasteiger partial charge in [-0.25, -0.2) is 0 Å². The molecule has 1 aromatic rings. The molecule has 0 spiro atoms. The fourth-order valence-electron chi connectivity index (χ4n) is 2.38. The van der Waals surface area contributed by atoms with Gasteiger partial charge >= 0.3 is 0 Å². The van der Waals surface area contributed by atoms with E-state index in [9.17, 15) is 4.79 Å². The van der Waals surface area contributed by atoms with Crippen molar-refractivity contribution in [2.75, 3.05) is 13.2 Å². The Morgan fingerprint density at radius 2 is 2.00 bits per heavy atom. The van der Waals surface area contributed by atoms with Crippen LogP contribution in [-0.2, 0) is 11.3 Å². The normalized spacial score (nSPS) is 13.9. The fraction of sp³-hybridized carbons (Fsp3) is 0.562. The third-order valence-corrected chi connectivity index (χ3v) is 3.97. The number of fused-ring (bicyclic) bond motifs is 1. The van der Waals surface area contributed by atoms with E-state index in [1.807, 2.05) is 26.0 Å². The van der Waals surface area contributed by atoms with Crippen molar-refractivity contribution in [3.8, 4) is 11.5 Å². The lowest BCUT2D eigenvalue weighted by molar-refractivity contribution is -0.125. The zero-order chi connectivity index (χ0) is 15.2. The number of carbonyl (C=O) groups is 1. The van der Waals surface area contributed by atoms with Gasteiger partial charge in [0.25, 0.3) is 0 Å². The number of amides is 1. The van der Waals surface area contributed by atoms with Crippen molar-refractivity contribution in [3.05, 3.63) is 22.7 Å². The lowest BCUT2D eigenvalue weighted by Crippen LogP contribution is -2.29. The molecule has 1 heterocycles. The summed E-state index contributed by atoms with van der Waals surface area (Å²) in [6.07, 6.45) is 2.54. The SMILES string of the molecule is CCC(CC)C(=O)NCc1cc(Cl)c2c(c1)OCCCO2. The average Bonchev–Trinajstić information content (AvgIpc) is 2.72. The molecule has 0 aliphatic carbocycles. The molecule has 116 valence electrons. The Labute approximate surface area is 130 Å². The van der Waals surface area contributed by atoms with Crippen molar-refractivity contribution in [2.45, 2.75) is 39.7 Å². The van der Waals surface area contributed by atoms with Crippen molar-refractivity contribution in [1.29, 1.82) is 0 Å². The zero-order valence-electron chi connectivity index (χ0n) is 12.6. The van der Waals surface area contributed by atoms with Gasteiger partial charge in [-0.3, -0.25) is 4.79 Å². The van der Waals surface area contributed by atoms with Gasteiger partial charge in [0, 0.05) is 18.9 Å². The minimum Gasteiger partial charge on any atom is -0.489 e. The van der Waals surface area contributed by atoms with Crippen LogP contribution in [0.25, 0.3) is 0 Å². The molecule has 0 fully saturated rings. The van der Waals surface area contributed by atoms with Crippen LogP contribution in [0.2, 0.25) is 5.02 Å². The van der Waals surface area contributed by atoms with Gasteiger partial charge in [0.2, 0.25) is 5.91 Å². The van der Waals surface area contributed by atoms with E-state index < -0.39 is 0 Å². The first-order chi connectivity index (χ1) is 10.2. The van der Waals surface area contributed by atoms with Crippen LogP contribution in [0.3, 0.4) is 0 Å². The number of halogens is 1. The lowest BCUT2D eigenvalue weighted by atomic mass is 10.0. The maximum Gasteiger partial charge on any atom is 0.223 e. The first-order valence-corrected chi connectivity index (χ1v) is 7.89. The summed E-state index contributed by atoms with van der Waals surface area (Å²) in [6, 6.07) is 3.71. The maximum absolute atomic E-state index is 12.0. The van der Waals surface area contributed by atoms with E-state index in [2.05, 4.69) is 5.32 Å². The van der Waals surface area contributed by atoms with Crippen molar-refractivity contribution in [3.63, 3.8) is 0 Å². The molecule has 5 heteroatoms. The van der Waals surface area contributed by atoms with E-state index in [1.54, 1.807) is 0 Å². The summed E-state index contributed by atoms with van der Waals surface area (Å²) in [5, 5.41) is 3.49. The molecule has 2 rings (SSSR count). The molecule has 1 amide bonds. The van der Waals surface area contributed by atoms with Crippen molar-refractivity contribution < 1.29 is 14.3 Å². The molecule has 0 aromatic heterocycles. The van der Waals surface area contributed by atoms with Crippen LogP contribution in [0.5, 0.6) is 11.5 Å². The minimum atomic E-state index is 0.0703. The lowest BCUT2D eigenvalue weighted by Gasteiger charge is -2.14. The number of nitrogens with one attached hydrogen (secondary N) is 1. The predicted octanol–water partition coefficient (Wildman–Crippen LogP) is 3.55. The van der Waals surface area contributed by atoms with Crippen molar-refractivity contribution >= 4 is 17.5 Å². The quantitative estimate of drug-likeness (QED) is 0.904. The van der Waals surface area contributed by atoms with Gasteiger partial charge in [0.1, 0.15) is 0 Å². The maximum atomic E-state index is 12.0. The highest BCUT2D eigenvalue weighted by Gasteiger charge is 2.17. The van der Waals surface area contributed by atoms with Gasteiger partial charge in [0.05, 0.1) is 18.2 Å². The van der Waals surface area contributed by atoms with Gasteiger partial charge < -0.3 is 14.8 Å². The average molecular weight is 312 g/mol. The minimum absolute atomic E-state index is 0.0703. The smallest absolute Gasteiger partial charge is 0.223 e. The first-order valence-electron chi connectivity index (χ1n) is 7.51. The van der Waals surface area contributed by atoms with Crippen LogP contribution in [0, 0.1) is 5.92 Å². The van der Waals surface area contributed by atoms with E-state index >= 15 is 0 Å². The van der Waals surface area contributed by atoms with E-state index in [4.69, 9.17) is 21.1 Å². The molecule has 0 atom stereocenters. The Hall–Kier alpha value is -1.42. The van der Waals surface area contributed by atoms with Crippen molar-refractivity contribution in [2.24, 2.45) is 5.92 Å². The van der Waals surface area contributed by atoms with Crippen LogP contribution in [-0.4, -0.2) is 19.1 Å². The molecule has 1 aliphatic heterocycles. The fourth-order valence-corrected chi connectivity index (χ4v) is 2.67. The van der Waals surface area contributed by atoms with Gasteiger partial charge in [-0.05, 0) is 30.5 Å². The van der Waals surface area contributed by atoms with Gasteiger partial charge in [-0.15, -0.1) is 0 Å². The second-order valence-electron chi connectivity index (χ2n) is 5.19. The van der Waals surface area contributed by atoms with Crippen molar-refractivity contribution in [1.82, 2.24) is 5.32 Å². The topological polar surface area (TPSA) is 47.6 Å². The Morgan fingerprint density at radius 1 is 1.29 bits per heavy atom. The molecule has 0 unspecified atom stereocenters. The third kappa shape index (κ3) is 4.03. The van der Waals surface area contributed by atoms with Gasteiger partial charge in [0.15, 0.2) is 11.5 Å². The van der Waals surface area contributed by atoms with E-state index in [-0.39, 0.29) is 11.8 Å². The van der Waals surface area contributed by atoms with Crippen LogP contribution >= 0.6 is 11.6 Å². The van der Waals surface area contributed by atoms with Gasteiger partial charge in [-0.1, -0.05) is 25.4 Å². The Morgan fingerprint density at radius 3 is 2.71 bits per heavy atom. The van der Waals surface area contributed by atoms with E-state index in [0.29, 0.717) is 36.3 Å². The number of rotatable bonds is 5. The summed E-state index contributed by atoms with van der Waals surface area (Å²) in [7, 11) is 0. The summed E-state index contributed by atoms with van der Waals surface area (Å²) in [5.74, 6) is 1.42. The van der Waals surface area contributed by atoms with E-state index in [1.165, 1.54) is 0 Å². The zero-order valence-corrected chi connectivity index (χ0v) is 13.3. The number of hydrogen-bond donors (Lipinski definition) is 1. The second kappa shape index (κ2) is 7.55. The highest BCUT2D eigenvalue weighted by atomic mass is 35.5. The first kappa shape index (κ1) is 16.0. The number of ether oxygens (including phenoxy) is 2. The molecule has 1 aliphatic rings. The second-order valence-corrected chi connectivity index (χ2v) is 5.59. The summed E-state index contributed by atoms with van der Waals surface area (Å²) in [4.78, 5) is 12.0. The molecule has 0 saturated carbocycles. The largest absolute Gasteiger partial charge is 0.489 e. The molecular weight excluding hydrogens is 290 g/mol. The summed E-state index contributed by atoms with van der Waals surface area (Å²) in [6.45, 7) is 5.73. The summed E-state index contributed by atoms with van der Waals surface area (Å²) < 4.78 is 11.2. The van der Waals surface area contributed by atoms with Crippen LogP contribution < -0.4 is 14.8 Å². The summed E-state index contributed by atoms with van der Waals surface area (Å²) >= 11 is 6.23. The Kier molecular flexibility index (Phi) is 5.74. The molecule has 0 saturated heterocycles. The summed E-state index contributed by atoms with van der Waals surface area (Å²) in [5.41, 5.74) is 0.920. The molecule has 0 bridgehead atoms. The van der Waals surface area contributed by atoms with Gasteiger partial charge in [-0.2, -0.15) is 0 Å². The highest BCUT2D eigenvalue weighted by Crippen LogP contribution is 2.37. The van der Waals surface area contributed by atoms with Crippen LogP contribution in [0.1, 0.15) is 38.7 Å². The predicted molar refractivity (Wildman–Crippen MR) is 83.0 cm³/mol. The van der Waals surface area contributed by atoms with Crippen LogP contribution in [0.15, 0.2) is 12.1 Å². The standard InChI is InChI=1S/C16H22ClNO3/c1-3-12(4-2)16(19)18-10-11-8-13(17)15-14(9-11)20-6-5-7-21-15/h8-9,12H,3-7,10H2,1-2H3,(H,18,19). The molecule has 21 heavy (non-hydrogen) atoms. The molecular formula is C16H22ClNO3. The Bertz CT molecular complexity index is 501. The van der Waals surface area contributed by atoms with E-state index in [0.717, 1.165) is 24.8 Å². The Balaban J connectivity index is 2.06. The number of carbonyl (C=O) groups excluding carboxylic acids is 1. The molecule has 4 nitrogen and oxygen atoms in total. The highest BCUT2D eigenvalue weighted by molar-refractivity contribution is 6.32. The number of hydrogen-bond acceptors (Lipinski definition) is 3. The number of benzene rings is 1. The molecule has 0 radical (unpaired) electrons. The molecule has 1 aromatic carbocycles. The molecule has 1 N–H and O–H groups in total. The monoisotopic (exact) mass is 311 g/mol.